The standard InChI is InChI=1S/C12H18N2O3S/c1-7(10(16)17)13-9(15)5-8-6-18-11(14-8)12(2,3)4/h6-7H,5H2,1-4H3,(H,13,15)(H,16,17)/t7-/m0/s1. The largest absolute Gasteiger partial charge is 0.480 e. The molecule has 5 nitrogen and oxygen atoms in total. The van der Waals surface area contributed by atoms with Crippen LogP contribution < -0.4 is 5.32 Å². The number of amides is 1. The summed E-state index contributed by atoms with van der Waals surface area (Å²) in [5.41, 5.74) is 0.647. The summed E-state index contributed by atoms with van der Waals surface area (Å²) in [7, 11) is 0. The number of carbonyl (C=O) groups is 2. The van der Waals surface area contributed by atoms with E-state index in [4.69, 9.17) is 5.11 Å². The average molecular weight is 270 g/mol. The molecular weight excluding hydrogens is 252 g/mol. The summed E-state index contributed by atoms with van der Waals surface area (Å²) in [5.74, 6) is -1.37. The Balaban J connectivity index is 2.60. The van der Waals surface area contributed by atoms with Crippen LogP contribution >= 0.6 is 11.3 Å². The molecule has 18 heavy (non-hydrogen) atoms. The van der Waals surface area contributed by atoms with Crippen LogP contribution in [0.2, 0.25) is 0 Å². The van der Waals surface area contributed by atoms with Crippen molar-refractivity contribution in [1.29, 1.82) is 0 Å². The van der Waals surface area contributed by atoms with Crippen molar-refractivity contribution < 1.29 is 14.7 Å². The zero-order chi connectivity index (χ0) is 13.9. The van der Waals surface area contributed by atoms with Gasteiger partial charge in [0.05, 0.1) is 17.1 Å². The zero-order valence-corrected chi connectivity index (χ0v) is 11.8. The SMILES string of the molecule is C[C@H](NC(=O)Cc1csc(C(C)(C)C)n1)C(=O)O. The maximum atomic E-state index is 11.6. The Kier molecular flexibility index (Phi) is 4.45. The highest BCUT2D eigenvalue weighted by Crippen LogP contribution is 2.25. The van der Waals surface area contributed by atoms with Gasteiger partial charge in [0.1, 0.15) is 6.04 Å². The van der Waals surface area contributed by atoms with E-state index in [9.17, 15) is 9.59 Å². The van der Waals surface area contributed by atoms with Gasteiger partial charge in [0.15, 0.2) is 0 Å². The van der Waals surface area contributed by atoms with Gasteiger partial charge in [-0.2, -0.15) is 0 Å². The molecule has 1 heterocycles. The van der Waals surface area contributed by atoms with Crippen molar-refractivity contribution in [1.82, 2.24) is 10.3 Å². The van der Waals surface area contributed by atoms with Gasteiger partial charge in [-0.05, 0) is 6.92 Å². The molecule has 0 saturated heterocycles. The molecule has 0 spiro atoms. The van der Waals surface area contributed by atoms with Gasteiger partial charge in [-0.25, -0.2) is 4.98 Å². The van der Waals surface area contributed by atoms with Gasteiger partial charge < -0.3 is 10.4 Å². The number of carbonyl (C=O) groups excluding carboxylic acids is 1. The fraction of sp³-hybridized carbons (Fsp3) is 0.583. The first-order valence-corrected chi connectivity index (χ1v) is 6.55. The highest BCUT2D eigenvalue weighted by molar-refractivity contribution is 7.09. The van der Waals surface area contributed by atoms with Gasteiger partial charge in [0.2, 0.25) is 5.91 Å². The molecule has 0 saturated carbocycles. The molecule has 2 N–H and O–H groups in total. The quantitative estimate of drug-likeness (QED) is 0.870. The van der Waals surface area contributed by atoms with E-state index in [-0.39, 0.29) is 17.7 Å². The summed E-state index contributed by atoms with van der Waals surface area (Å²) < 4.78 is 0. The molecule has 100 valence electrons. The summed E-state index contributed by atoms with van der Waals surface area (Å²) >= 11 is 1.52. The topological polar surface area (TPSA) is 79.3 Å². The molecule has 0 bridgehead atoms. The van der Waals surface area contributed by atoms with Crippen LogP contribution in [0.1, 0.15) is 38.4 Å². The van der Waals surface area contributed by atoms with Gasteiger partial charge in [-0.15, -0.1) is 11.3 Å². The van der Waals surface area contributed by atoms with E-state index in [1.54, 1.807) is 0 Å². The van der Waals surface area contributed by atoms with E-state index in [1.807, 2.05) is 5.38 Å². The number of nitrogens with one attached hydrogen (secondary N) is 1. The Morgan fingerprint density at radius 3 is 2.56 bits per heavy atom. The molecule has 1 atom stereocenters. The first kappa shape index (κ1) is 14.6. The van der Waals surface area contributed by atoms with Crippen molar-refractivity contribution in [3.63, 3.8) is 0 Å². The minimum absolute atomic E-state index is 0.0340. The predicted molar refractivity (Wildman–Crippen MR) is 69.8 cm³/mol. The van der Waals surface area contributed by atoms with Crippen molar-refractivity contribution in [3.05, 3.63) is 16.1 Å². The van der Waals surface area contributed by atoms with Gasteiger partial charge in [-0.3, -0.25) is 9.59 Å². The number of carboxylic acids is 1. The lowest BCUT2D eigenvalue weighted by Crippen LogP contribution is -2.39. The van der Waals surface area contributed by atoms with E-state index in [0.717, 1.165) is 5.01 Å². The van der Waals surface area contributed by atoms with Crippen LogP contribution in [0, 0.1) is 0 Å². The zero-order valence-electron chi connectivity index (χ0n) is 11.0. The maximum absolute atomic E-state index is 11.6. The summed E-state index contributed by atoms with van der Waals surface area (Å²) in [6.07, 6.45) is 0.115. The third-order valence-electron chi connectivity index (χ3n) is 2.28. The van der Waals surface area contributed by atoms with Crippen molar-refractivity contribution >= 4 is 23.2 Å². The third kappa shape index (κ3) is 4.10. The van der Waals surface area contributed by atoms with E-state index in [0.29, 0.717) is 5.69 Å². The lowest BCUT2D eigenvalue weighted by Gasteiger charge is -2.13. The minimum atomic E-state index is -1.04. The molecule has 0 fully saturated rings. The van der Waals surface area contributed by atoms with Crippen molar-refractivity contribution in [3.8, 4) is 0 Å². The smallest absolute Gasteiger partial charge is 0.325 e. The molecule has 0 unspecified atom stereocenters. The Hall–Kier alpha value is -1.43. The van der Waals surface area contributed by atoms with Crippen LogP contribution in [0.3, 0.4) is 0 Å². The number of hydrogen-bond acceptors (Lipinski definition) is 4. The molecule has 1 amide bonds. The average Bonchev–Trinajstić information content (AvgIpc) is 2.64. The first-order valence-electron chi connectivity index (χ1n) is 5.67. The van der Waals surface area contributed by atoms with Gasteiger partial charge in [-0.1, -0.05) is 20.8 Å². The monoisotopic (exact) mass is 270 g/mol. The number of carboxylic acid groups (broad SMARTS) is 1. The van der Waals surface area contributed by atoms with Crippen LogP contribution in [-0.2, 0) is 21.4 Å². The van der Waals surface area contributed by atoms with Crippen molar-refractivity contribution in [2.45, 2.75) is 45.6 Å². The van der Waals surface area contributed by atoms with Crippen LogP contribution in [0.4, 0.5) is 0 Å². The van der Waals surface area contributed by atoms with E-state index in [2.05, 4.69) is 31.1 Å². The van der Waals surface area contributed by atoms with Gasteiger partial charge in [0.25, 0.3) is 0 Å². The second-order valence-corrected chi connectivity index (χ2v) is 6.06. The van der Waals surface area contributed by atoms with Crippen molar-refractivity contribution in [2.75, 3.05) is 0 Å². The number of thiazole rings is 1. The Bertz CT molecular complexity index is 448. The first-order chi connectivity index (χ1) is 8.20. The van der Waals surface area contributed by atoms with Gasteiger partial charge >= 0.3 is 5.97 Å². The lowest BCUT2D eigenvalue weighted by molar-refractivity contribution is -0.141. The van der Waals surface area contributed by atoms with Gasteiger partial charge in [0, 0.05) is 10.8 Å². The summed E-state index contributed by atoms with van der Waals surface area (Å²) in [6, 6.07) is -0.877. The lowest BCUT2D eigenvalue weighted by atomic mass is 9.98. The second-order valence-electron chi connectivity index (χ2n) is 5.20. The molecule has 0 aliphatic rings. The maximum Gasteiger partial charge on any atom is 0.325 e. The fourth-order valence-corrected chi connectivity index (χ4v) is 2.16. The molecule has 6 heteroatoms. The molecule has 1 aromatic heterocycles. The molecule has 0 aliphatic carbocycles. The molecule has 0 aromatic carbocycles. The summed E-state index contributed by atoms with van der Waals surface area (Å²) in [4.78, 5) is 26.6. The Labute approximate surface area is 110 Å². The molecule has 1 rings (SSSR count). The van der Waals surface area contributed by atoms with E-state index >= 15 is 0 Å². The number of hydrogen-bond donors (Lipinski definition) is 2. The van der Waals surface area contributed by atoms with E-state index in [1.165, 1.54) is 18.3 Å². The third-order valence-corrected chi connectivity index (χ3v) is 3.60. The van der Waals surface area contributed by atoms with Crippen LogP contribution in [0.5, 0.6) is 0 Å². The molecule has 1 aromatic rings. The number of rotatable bonds is 4. The second kappa shape index (κ2) is 5.48. The highest BCUT2D eigenvalue weighted by Gasteiger charge is 2.19. The minimum Gasteiger partial charge on any atom is -0.480 e. The summed E-state index contributed by atoms with van der Waals surface area (Å²) in [5, 5.41) is 13.9. The van der Waals surface area contributed by atoms with Crippen molar-refractivity contribution in [2.24, 2.45) is 0 Å². The normalized spacial score (nSPS) is 13.1. The van der Waals surface area contributed by atoms with Crippen LogP contribution in [0.15, 0.2) is 5.38 Å². The number of nitrogens with zero attached hydrogens (tertiary/aromatic N) is 1. The van der Waals surface area contributed by atoms with Crippen LogP contribution in [0.25, 0.3) is 0 Å². The molecule has 0 aliphatic heterocycles. The predicted octanol–water partition coefficient (Wildman–Crippen LogP) is 1.57. The number of aromatic nitrogens is 1. The van der Waals surface area contributed by atoms with E-state index < -0.39 is 12.0 Å². The Morgan fingerprint density at radius 1 is 1.50 bits per heavy atom. The highest BCUT2D eigenvalue weighted by atomic mass is 32.1. The number of aliphatic carboxylic acids is 1. The fourth-order valence-electron chi connectivity index (χ4n) is 1.25. The Morgan fingerprint density at radius 2 is 2.11 bits per heavy atom. The molecular formula is C12H18N2O3S. The molecule has 0 radical (unpaired) electrons. The summed E-state index contributed by atoms with van der Waals surface area (Å²) in [6.45, 7) is 7.61. The van der Waals surface area contributed by atoms with Crippen LogP contribution in [-0.4, -0.2) is 28.0 Å².